The quantitative estimate of drug-likeness (QED) is 0.436. The number of hydrogen-bond donors (Lipinski definition) is 3. The van der Waals surface area contributed by atoms with E-state index in [1.165, 1.54) is 12.1 Å². The van der Waals surface area contributed by atoms with Gasteiger partial charge in [-0.2, -0.15) is 0 Å². The Hall–Kier alpha value is -2.59. The largest absolute Gasteiger partial charge is 0.504 e. The zero-order valence-corrected chi connectivity index (χ0v) is 15.9. The summed E-state index contributed by atoms with van der Waals surface area (Å²) in [6, 6.07) is 3.19. The van der Waals surface area contributed by atoms with Crippen molar-refractivity contribution in [2.45, 2.75) is 25.8 Å². The summed E-state index contributed by atoms with van der Waals surface area (Å²) in [5, 5.41) is 27.9. The third kappa shape index (κ3) is 4.98. The smallest absolute Gasteiger partial charge is 0.326 e. The molecule has 10 heteroatoms. The number of carboxylic acids is 2. The van der Waals surface area contributed by atoms with Gasteiger partial charge in [0.05, 0.1) is 11.5 Å². The minimum absolute atomic E-state index is 0.0406. The number of thioether (sulfide) groups is 1. The SMILES string of the molecule is CCOc1cc(/C=C2\SC(=S)N(C(CCC(=O)O)C(=O)O)C2=O)ccc1O. The fraction of sp³-hybridized carbons (Fsp3) is 0.294. The molecule has 1 aromatic rings. The summed E-state index contributed by atoms with van der Waals surface area (Å²) < 4.78 is 5.34. The highest BCUT2D eigenvalue weighted by atomic mass is 32.2. The molecule has 1 saturated heterocycles. The van der Waals surface area contributed by atoms with Crippen molar-refractivity contribution in [2.75, 3.05) is 6.61 Å². The highest BCUT2D eigenvalue weighted by Crippen LogP contribution is 2.36. The third-order valence-corrected chi connectivity index (χ3v) is 4.96. The minimum Gasteiger partial charge on any atom is -0.504 e. The second-order valence-corrected chi connectivity index (χ2v) is 7.17. The van der Waals surface area contributed by atoms with Crippen molar-refractivity contribution in [1.29, 1.82) is 0 Å². The van der Waals surface area contributed by atoms with E-state index < -0.39 is 30.3 Å². The molecule has 0 bridgehead atoms. The van der Waals surface area contributed by atoms with Gasteiger partial charge < -0.3 is 20.1 Å². The molecule has 27 heavy (non-hydrogen) atoms. The molecule has 3 N–H and O–H groups in total. The lowest BCUT2D eigenvalue weighted by Crippen LogP contribution is -2.44. The predicted octanol–water partition coefficient (Wildman–Crippen LogP) is 2.31. The topological polar surface area (TPSA) is 124 Å². The average Bonchev–Trinajstić information content (AvgIpc) is 2.85. The monoisotopic (exact) mass is 411 g/mol. The van der Waals surface area contributed by atoms with Gasteiger partial charge in [-0.15, -0.1) is 0 Å². The van der Waals surface area contributed by atoms with Crippen molar-refractivity contribution in [1.82, 2.24) is 4.90 Å². The Morgan fingerprint density at radius 2 is 2.07 bits per heavy atom. The number of ether oxygens (including phenoxy) is 1. The van der Waals surface area contributed by atoms with E-state index in [0.717, 1.165) is 16.7 Å². The molecule has 1 unspecified atom stereocenters. The van der Waals surface area contributed by atoms with Gasteiger partial charge in [-0.25, -0.2) is 4.79 Å². The van der Waals surface area contributed by atoms with Gasteiger partial charge >= 0.3 is 11.9 Å². The number of carbonyl (C=O) groups is 3. The van der Waals surface area contributed by atoms with Crippen molar-refractivity contribution in [3.05, 3.63) is 28.7 Å². The van der Waals surface area contributed by atoms with E-state index in [4.69, 9.17) is 22.1 Å². The molecule has 0 aromatic heterocycles. The highest BCUT2D eigenvalue weighted by Gasteiger charge is 2.40. The van der Waals surface area contributed by atoms with Crippen LogP contribution in [0.25, 0.3) is 6.08 Å². The summed E-state index contributed by atoms with van der Waals surface area (Å²) in [4.78, 5) is 36.0. The third-order valence-electron chi connectivity index (χ3n) is 3.63. The lowest BCUT2D eigenvalue weighted by molar-refractivity contribution is -0.146. The number of rotatable bonds is 8. The van der Waals surface area contributed by atoms with Gasteiger partial charge in [0.1, 0.15) is 10.4 Å². The van der Waals surface area contributed by atoms with Crippen LogP contribution in [0.15, 0.2) is 23.1 Å². The van der Waals surface area contributed by atoms with Crippen LogP contribution in [-0.2, 0) is 14.4 Å². The molecular formula is C17H17NO7S2. The lowest BCUT2D eigenvalue weighted by Gasteiger charge is -2.22. The predicted molar refractivity (Wildman–Crippen MR) is 103 cm³/mol. The van der Waals surface area contributed by atoms with Gasteiger partial charge in [0.15, 0.2) is 11.5 Å². The molecular weight excluding hydrogens is 394 g/mol. The maximum atomic E-state index is 12.6. The van der Waals surface area contributed by atoms with Crippen LogP contribution in [0.5, 0.6) is 11.5 Å². The Kier molecular flexibility index (Phi) is 6.81. The molecule has 1 amide bonds. The lowest BCUT2D eigenvalue weighted by atomic mass is 10.1. The second-order valence-electron chi connectivity index (χ2n) is 5.50. The molecule has 0 spiro atoms. The van der Waals surface area contributed by atoms with Crippen LogP contribution in [0.4, 0.5) is 0 Å². The van der Waals surface area contributed by atoms with Crippen LogP contribution in [0.2, 0.25) is 0 Å². The van der Waals surface area contributed by atoms with E-state index in [1.54, 1.807) is 19.1 Å². The van der Waals surface area contributed by atoms with E-state index in [-0.39, 0.29) is 27.1 Å². The van der Waals surface area contributed by atoms with Crippen molar-refractivity contribution >= 4 is 52.2 Å². The van der Waals surface area contributed by atoms with Crippen LogP contribution in [0, 0.1) is 0 Å². The maximum Gasteiger partial charge on any atom is 0.326 e. The van der Waals surface area contributed by atoms with Gasteiger partial charge in [0, 0.05) is 6.42 Å². The summed E-state index contributed by atoms with van der Waals surface area (Å²) in [5.74, 6) is -2.87. The molecule has 1 aromatic carbocycles. The highest BCUT2D eigenvalue weighted by molar-refractivity contribution is 8.26. The van der Waals surface area contributed by atoms with Gasteiger partial charge in [0.25, 0.3) is 5.91 Å². The minimum atomic E-state index is -1.35. The van der Waals surface area contributed by atoms with Gasteiger partial charge in [-0.1, -0.05) is 30.0 Å². The summed E-state index contributed by atoms with van der Waals surface area (Å²) in [7, 11) is 0. The number of aromatic hydroxyl groups is 1. The average molecular weight is 411 g/mol. The first-order valence-electron chi connectivity index (χ1n) is 7.92. The van der Waals surface area contributed by atoms with E-state index in [0.29, 0.717) is 12.2 Å². The number of phenols is 1. The van der Waals surface area contributed by atoms with Crippen LogP contribution >= 0.6 is 24.0 Å². The van der Waals surface area contributed by atoms with E-state index in [9.17, 15) is 24.6 Å². The fourth-order valence-electron chi connectivity index (χ4n) is 2.41. The molecule has 1 aliphatic heterocycles. The summed E-state index contributed by atoms with van der Waals surface area (Å²) in [5.41, 5.74) is 0.564. The fourth-order valence-corrected chi connectivity index (χ4v) is 3.77. The molecule has 1 heterocycles. The van der Waals surface area contributed by atoms with Crippen molar-refractivity contribution in [3.63, 3.8) is 0 Å². The molecule has 1 fully saturated rings. The number of carbonyl (C=O) groups excluding carboxylic acids is 1. The maximum absolute atomic E-state index is 12.6. The molecule has 0 aliphatic carbocycles. The Balaban J connectivity index is 2.28. The van der Waals surface area contributed by atoms with Crippen LogP contribution in [0.3, 0.4) is 0 Å². The zero-order chi connectivity index (χ0) is 20.1. The van der Waals surface area contributed by atoms with Crippen LogP contribution < -0.4 is 4.74 Å². The Bertz CT molecular complexity index is 821. The number of nitrogens with zero attached hydrogens (tertiary/aromatic N) is 1. The first kappa shape index (κ1) is 20.7. The molecule has 1 atom stereocenters. The molecule has 0 saturated carbocycles. The van der Waals surface area contributed by atoms with E-state index in [1.807, 2.05) is 0 Å². The molecule has 144 valence electrons. The van der Waals surface area contributed by atoms with E-state index >= 15 is 0 Å². The number of benzene rings is 1. The van der Waals surface area contributed by atoms with Crippen molar-refractivity contribution in [3.8, 4) is 11.5 Å². The Morgan fingerprint density at radius 1 is 1.37 bits per heavy atom. The van der Waals surface area contributed by atoms with Crippen LogP contribution in [-0.4, -0.2) is 55.0 Å². The first-order chi connectivity index (χ1) is 12.7. The number of carboxylic acid groups (broad SMARTS) is 2. The van der Waals surface area contributed by atoms with Gasteiger partial charge in [0.2, 0.25) is 0 Å². The molecule has 1 aliphatic rings. The standard InChI is InChI=1S/C17H17NO7S2/c1-2-25-12-7-9(3-5-11(12)19)8-13-15(22)18(17(26)27-13)10(16(23)24)4-6-14(20)21/h3,5,7-8,10,19H,2,4,6H2,1H3,(H,20,21)(H,23,24)/b13-8-. The molecule has 0 radical (unpaired) electrons. The number of aliphatic carboxylic acids is 2. The Morgan fingerprint density at radius 3 is 2.67 bits per heavy atom. The van der Waals surface area contributed by atoms with Gasteiger partial charge in [-0.05, 0) is 37.1 Å². The van der Waals surface area contributed by atoms with E-state index in [2.05, 4.69) is 0 Å². The second kappa shape index (κ2) is 8.87. The van der Waals surface area contributed by atoms with Gasteiger partial charge in [-0.3, -0.25) is 14.5 Å². The molecule has 2 rings (SSSR count). The number of amides is 1. The summed E-state index contributed by atoms with van der Waals surface area (Å²) in [6.07, 6.45) is 0.859. The Labute approximate surface area is 164 Å². The number of hydrogen-bond acceptors (Lipinski definition) is 7. The normalized spacial score (nSPS) is 16.6. The number of phenolic OH excluding ortho intramolecular Hbond substituents is 1. The first-order valence-corrected chi connectivity index (χ1v) is 9.14. The molecule has 8 nitrogen and oxygen atoms in total. The summed E-state index contributed by atoms with van der Waals surface area (Å²) in [6.45, 7) is 2.11. The van der Waals surface area contributed by atoms with Crippen molar-refractivity contribution < 1.29 is 34.4 Å². The summed E-state index contributed by atoms with van der Waals surface area (Å²) >= 11 is 6.06. The zero-order valence-electron chi connectivity index (χ0n) is 14.2. The van der Waals surface area contributed by atoms with Crippen LogP contribution in [0.1, 0.15) is 25.3 Å². The van der Waals surface area contributed by atoms with Crippen molar-refractivity contribution in [2.24, 2.45) is 0 Å². The number of thiocarbonyl (C=S) groups is 1.